The number of aliphatic hydroxyl groups is 23. The topological polar surface area (TPSA) is 585 Å². The number of hydrogen-bond donors (Lipinski definition) is 23. The molecule has 0 spiro atoms. The van der Waals surface area contributed by atoms with Gasteiger partial charge in [-0.1, -0.05) is 0 Å². The molecule has 0 saturated carbocycles. The molecule has 78 heavy (non-hydrogen) atoms. The van der Waals surface area contributed by atoms with Crippen LogP contribution >= 0.6 is 0 Å². The van der Waals surface area contributed by atoms with Crippen LogP contribution in [0.3, 0.4) is 0 Å². The summed E-state index contributed by atoms with van der Waals surface area (Å²) in [6, 6.07) is 0. The maximum atomic E-state index is 11.8. The van der Waals surface area contributed by atoms with E-state index in [9.17, 15) is 117 Å². The van der Waals surface area contributed by atoms with Crippen LogP contribution < -0.4 is 0 Å². The Morgan fingerprint density at radius 1 is 0.218 bits per heavy atom. The Hall–Kier alpha value is -1.44. The Bertz CT molecular complexity index is 1810. The van der Waals surface area contributed by atoms with E-state index in [-0.39, 0.29) is 0 Å². The standard InChI is InChI=1S/C42H72O36/c43-1-8-15(48)18(51)26(59)37(69-8)66-6-13-34(77-39-28(61)20(53)17(50)10(3-45)71-39)24(57)31(64)42(74-13)78-35-14(7-67-38-27(60)19(52)16(49)9(2-44)70-38)73-41(30(63)23(35)56)76-33-12(5-47)72-40(29(62)22(33)55)75-32-11(4-46)68-36(65)25(58)21(32)54/h8-65H,1-7H2/t8-,9-,10-,11-,12-,13-,14-,15+,16+,17-,18+,19+,20+,21-,22-,23-,24-,25+,26-,27-,28+,29+,30+,31+,32-,33-,34-,35-,36?,37+,38+,39+,40+,41+,42+/m1/s1. The molecule has 0 bridgehead atoms. The molecule has 0 aromatic carbocycles. The summed E-state index contributed by atoms with van der Waals surface area (Å²) >= 11 is 0. The molecule has 0 aromatic heterocycles. The van der Waals surface area contributed by atoms with Crippen molar-refractivity contribution >= 4 is 0 Å². The molecular weight excluding hydrogens is 1080 g/mol. The number of ether oxygens (including phenoxy) is 13. The molecule has 7 saturated heterocycles. The third kappa shape index (κ3) is 13.2. The lowest BCUT2D eigenvalue weighted by atomic mass is 9.95. The van der Waals surface area contributed by atoms with Crippen molar-refractivity contribution in [2.75, 3.05) is 46.2 Å². The van der Waals surface area contributed by atoms with Crippen molar-refractivity contribution in [2.45, 2.75) is 215 Å². The van der Waals surface area contributed by atoms with E-state index in [0.717, 1.165) is 0 Å². The number of hydrogen-bond acceptors (Lipinski definition) is 36. The molecule has 0 aliphatic carbocycles. The first-order valence-corrected chi connectivity index (χ1v) is 24.7. The summed E-state index contributed by atoms with van der Waals surface area (Å²) in [6.45, 7) is -6.71. The fraction of sp³-hybridized carbons (Fsp3) is 1.00. The lowest BCUT2D eigenvalue weighted by molar-refractivity contribution is -0.398. The average Bonchev–Trinajstić information content (AvgIpc) is 3.47. The smallest absolute Gasteiger partial charge is 0.187 e. The van der Waals surface area contributed by atoms with Gasteiger partial charge >= 0.3 is 0 Å². The minimum atomic E-state index is -2.36. The van der Waals surface area contributed by atoms with E-state index >= 15 is 0 Å². The zero-order valence-electron chi connectivity index (χ0n) is 40.8. The van der Waals surface area contributed by atoms with E-state index in [1.54, 1.807) is 0 Å². The predicted molar refractivity (Wildman–Crippen MR) is 232 cm³/mol. The highest BCUT2D eigenvalue weighted by Gasteiger charge is 2.58. The van der Waals surface area contributed by atoms with Gasteiger partial charge in [-0.25, -0.2) is 0 Å². The second-order valence-electron chi connectivity index (χ2n) is 19.6. The van der Waals surface area contributed by atoms with Crippen molar-refractivity contribution in [3.63, 3.8) is 0 Å². The number of rotatable bonds is 19. The Morgan fingerprint density at radius 2 is 0.449 bits per heavy atom. The normalized spacial score (nSPS) is 53.5. The van der Waals surface area contributed by atoms with Crippen LogP contribution in [-0.4, -0.2) is 379 Å². The molecule has 0 aromatic rings. The van der Waals surface area contributed by atoms with Crippen LogP contribution in [0.4, 0.5) is 0 Å². The van der Waals surface area contributed by atoms with Crippen LogP contribution in [0.5, 0.6) is 0 Å². The molecule has 0 radical (unpaired) electrons. The van der Waals surface area contributed by atoms with E-state index in [2.05, 4.69) is 0 Å². The largest absolute Gasteiger partial charge is 0.394 e. The highest BCUT2D eigenvalue weighted by atomic mass is 16.8. The second-order valence-corrected chi connectivity index (χ2v) is 19.6. The first-order valence-electron chi connectivity index (χ1n) is 24.7. The summed E-state index contributed by atoms with van der Waals surface area (Å²) in [6.07, 6.45) is -69.4. The van der Waals surface area contributed by atoms with Gasteiger partial charge in [0.2, 0.25) is 0 Å². The summed E-state index contributed by atoms with van der Waals surface area (Å²) in [5.74, 6) is 0. The lowest BCUT2D eigenvalue weighted by Gasteiger charge is -2.50. The highest BCUT2D eigenvalue weighted by molar-refractivity contribution is 5.00. The first-order chi connectivity index (χ1) is 36.9. The summed E-state index contributed by atoms with van der Waals surface area (Å²) in [4.78, 5) is 0. The van der Waals surface area contributed by atoms with Crippen molar-refractivity contribution in [3.05, 3.63) is 0 Å². The van der Waals surface area contributed by atoms with Crippen molar-refractivity contribution < 1.29 is 179 Å². The van der Waals surface area contributed by atoms with Gasteiger partial charge in [0, 0.05) is 0 Å². The van der Waals surface area contributed by atoms with E-state index in [0.29, 0.717) is 0 Å². The Kier molecular flexibility index (Phi) is 22.6. The van der Waals surface area contributed by atoms with Gasteiger partial charge in [0.1, 0.15) is 171 Å². The fourth-order valence-electron chi connectivity index (χ4n) is 9.80. The van der Waals surface area contributed by atoms with Crippen LogP contribution in [0, 0.1) is 0 Å². The van der Waals surface area contributed by atoms with Crippen molar-refractivity contribution in [2.24, 2.45) is 0 Å². The Morgan fingerprint density at radius 3 is 0.769 bits per heavy atom. The van der Waals surface area contributed by atoms with Crippen LogP contribution in [0.1, 0.15) is 0 Å². The summed E-state index contributed by atoms with van der Waals surface area (Å²) in [5, 5.41) is 244. The summed E-state index contributed by atoms with van der Waals surface area (Å²) in [5.41, 5.74) is 0. The zero-order chi connectivity index (χ0) is 57.3. The zero-order valence-corrected chi connectivity index (χ0v) is 40.8. The van der Waals surface area contributed by atoms with Crippen molar-refractivity contribution in [1.82, 2.24) is 0 Å². The SMILES string of the molecule is OC[C@H]1O[C@H](OC[C@H]2O[C@@H](O[C@H]3[C@H](O)[C@H](O)[C@H](O[C@H]4[C@H](O)[C@H](O)[C@H](O[C@H]5[C@H](O)[C@H](O)C(O)O[C@@H]5CO)O[C@@H]4CO)O[C@@H]3CO[C@H]3O[C@H](CO)[C@H](O)[C@H](O)[C@H]3O)[C@@H](O)[C@@H](O)[C@@H]2O[C@@H]2O[C@H](CO)[C@@H](O)[C@H](O)[C@@H]2O)[C@H](O)[C@@H](O)[C@H]1O. The molecule has 0 amide bonds. The van der Waals surface area contributed by atoms with Gasteiger partial charge in [-0.2, -0.15) is 0 Å². The van der Waals surface area contributed by atoms with E-state index in [4.69, 9.17) is 61.6 Å². The predicted octanol–water partition coefficient (Wildman–Crippen LogP) is -16.3. The van der Waals surface area contributed by atoms with Gasteiger partial charge in [-0.05, 0) is 0 Å². The van der Waals surface area contributed by atoms with E-state index in [1.807, 2.05) is 0 Å². The maximum Gasteiger partial charge on any atom is 0.187 e. The van der Waals surface area contributed by atoms with Gasteiger partial charge in [-0.3, -0.25) is 0 Å². The van der Waals surface area contributed by atoms with E-state index < -0.39 is 261 Å². The van der Waals surface area contributed by atoms with Crippen LogP contribution in [0.2, 0.25) is 0 Å². The quantitative estimate of drug-likeness (QED) is 0.0571. The molecule has 1 unspecified atom stereocenters. The molecule has 7 fully saturated rings. The van der Waals surface area contributed by atoms with Gasteiger partial charge in [0.15, 0.2) is 44.0 Å². The first kappa shape index (κ1) is 64.1. The minimum absolute atomic E-state index is 0.901. The van der Waals surface area contributed by atoms with Gasteiger partial charge in [-0.15, -0.1) is 0 Å². The molecule has 35 atom stereocenters. The molecule has 36 nitrogen and oxygen atoms in total. The minimum Gasteiger partial charge on any atom is -0.394 e. The van der Waals surface area contributed by atoms with Crippen LogP contribution in [0.15, 0.2) is 0 Å². The van der Waals surface area contributed by atoms with Gasteiger partial charge < -0.3 is 179 Å². The molecule has 7 heterocycles. The molecule has 456 valence electrons. The Labute approximate surface area is 439 Å². The van der Waals surface area contributed by atoms with Crippen molar-refractivity contribution in [3.8, 4) is 0 Å². The maximum absolute atomic E-state index is 11.8. The molecule has 7 aliphatic heterocycles. The third-order valence-corrected chi connectivity index (χ3v) is 14.5. The average molecular weight is 1150 g/mol. The second kappa shape index (κ2) is 27.5. The lowest BCUT2D eigenvalue weighted by Crippen LogP contribution is -2.68. The monoisotopic (exact) mass is 1150 g/mol. The molecule has 7 rings (SSSR count). The molecule has 7 aliphatic rings. The van der Waals surface area contributed by atoms with Crippen LogP contribution in [-0.2, 0) is 61.6 Å². The van der Waals surface area contributed by atoms with Crippen LogP contribution in [0.25, 0.3) is 0 Å². The van der Waals surface area contributed by atoms with Crippen molar-refractivity contribution in [1.29, 1.82) is 0 Å². The van der Waals surface area contributed by atoms with Gasteiger partial charge in [0.25, 0.3) is 0 Å². The Balaban J connectivity index is 1.14. The highest BCUT2D eigenvalue weighted by Crippen LogP contribution is 2.37. The molecule has 23 N–H and O–H groups in total. The molecular formula is C42H72O36. The van der Waals surface area contributed by atoms with E-state index in [1.165, 1.54) is 0 Å². The molecule has 36 heteroatoms. The van der Waals surface area contributed by atoms with Gasteiger partial charge in [0.05, 0.1) is 46.2 Å². The summed E-state index contributed by atoms with van der Waals surface area (Å²) < 4.78 is 73.1. The fourth-order valence-corrected chi connectivity index (χ4v) is 9.80. The summed E-state index contributed by atoms with van der Waals surface area (Å²) in [7, 11) is 0. The third-order valence-electron chi connectivity index (χ3n) is 14.5. The number of aliphatic hydroxyl groups excluding tert-OH is 23.